The van der Waals surface area contributed by atoms with Crippen molar-refractivity contribution in [1.29, 1.82) is 0 Å². The number of piperidine rings is 1. The Kier molecular flexibility index (Phi) is 5.19. The molecule has 4 rings (SSSR count). The van der Waals surface area contributed by atoms with E-state index in [1.54, 1.807) is 0 Å². The van der Waals surface area contributed by atoms with Crippen molar-refractivity contribution in [2.24, 2.45) is 0 Å². The summed E-state index contributed by atoms with van der Waals surface area (Å²) >= 11 is 0. The Morgan fingerprint density at radius 1 is 0.808 bits per heavy atom. The van der Waals surface area contributed by atoms with Gasteiger partial charge < -0.3 is 4.90 Å². The van der Waals surface area contributed by atoms with Gasteiger partial charge in [0.15, 0.2) is 0 Å². The van der Waals surface area contributed by atoms with Gasteiger partial charge in [-0.25, -0.2) is 4.98 Å². The van der Waals surface area contributed by atoms with Gasteiger partial charge in [0.25, 0.3) is 0 Å². The van der Waals surface area contributed by atoms with E-state index in [4.69, 9.17) is 4.98 Å². The minimum absolute atomic E-state index is 0.227. The summed E-state index contributed by atoms with van der Waals surface area (Å²) < 4.78 is 0. The molecule has 0 amide bonds. The summed E-state index contributed by atoms with van der Waals surface area (Å²) in [6.07, 6.45) is 14.2. The Labute approximate surface area is 155 Å². The molecule has 0 saturated carbocycles. The zero-order valence-electron chi connectivity index (χ0n) is 15.0. The summed E-state index contributed by atoms with van der Waals surface area (Å²) in [6.45, 7) is 2.21. The third-order valence-electron chi connectivity index (χ3n) is 5.12. The zero-order valence-corrected chi connectivity index (χ0v) is 15.0. The number of rotatable bonds is 5. The second-order valence-corrected chi connectivity index (χ2v) is 6.86. The lowest BCUT2D eigenvalue weighted by atomic mass is 9.87. The fraction of sp³-hybridized carbons (Fsp3) is 0.318. The lowest BCUT2D eigenvalue weighted by Gasteiger charge is -2.30. The minimum Gasteiger partial charge on any atom is -0.356 e. The number of hydrogen-bond donors (Lipinski definition) is 0. The van der Waals surface area contributed by atoms with E-state index in [0.29, 0.717) is 0 Å². The number of anilines is 1. The predicted octanol–water partition coefficient (Wildman–Crippen LogP) is 4.24. The summed E-state index contributed by atoms with van der Waals surface area (Å²) in [7, 11) is 0. The van der Waals surface area contributed by atoms with Gasteiger partial charge in [0.05, 0.1) is 0 Å². The molecule has 0 spiro atoms. The normalized spacial score (nSPS) is 14.6. The van der Waals surface area contributed by atoms with E-state index < -0.39 is 0 Å². The molecule has 26 heavy (non-hydrogen) atoms. The average molecular weight is 344 g/mol. The van der Waals surface area contributed by atoms with Crippen molar-refractivity contribution in [2.75, 3.05) is 18.0 Å². The Hall–Kier alpha value is -2.75. The summed E-state index contributed by atoms with van der Waals surface area (Å²) in [5.41, 5.74) is 3.73. The monoisotopic (exact) mass is 344 g/mol. The van der Waals surface area contributed by atoms with Crippen LogP contribution in [0.15, 0.2) is 67.4 Å². The maximum atomic E-state index is 4.74. The number of aromatic nitrogens is 3. The van der Waals surface area contributed by atoms with Crippen molar-refractivity contribution in [3.05, 3.63) is 84.1 Å². The maximum Gasteiger partial charge on any atom is 0.131 e. The van der Waals surface area contributed by atoms with Gasteiger partial charge in [-0.1, -0.05) is 18.2 Å². The highest BCUT2D eigenvalue weighted by Gasteiger charge is 2.21. The van der Waals surface area contributed by atoms with Gasteiger partial charge in [0, 0.05) is 50.0 Å². The molecule has 0 unspecified atom stereocenters. The summed E-state index contributed by atoms with van der Waals surface area (Å²) in [5, 5.41) is 0. The number of pyridine rings is 3. The van der Waals surface area contributed by atoms with Crippen molar-refractivity contribution in [2.45, 2.75) is 31.6 Å². The van der Waals surface area contributed by atoms with E-state index in [1.165, 1.54) is 36.0 Å². The molecule has 4 nitrogen and oxygen atoms in total. The molecule has 132 valence electrons. The molecule has 4 heteroatoms. The van der Waals surface area contributed by atoms with Crippen LogP contribution in [0.3, 0.4) is 0 Å². The molecule has 0 N–H and O–H groups in total. The lowest BCUT2D eigenvalue weighted by Crippen LogP contribution is -2.31. The fourth-order valence-electron chi connectivity index (χ4n) is 3.79. The molecule has 1 fully saturated rings. The molecule has 0 atom stereocenters. The minimum atomic E-state index is 0.227. The van der Waals surface area contributed by atoms with Crippen LogP contribution in [0.2, 0.25) is 0 Å². The van der Waals surface area contributed by atoms with Crippen LogP contribution in [0.1, 0.15) is 41.9 Å². The van der Waals surface area contributed by atoms with Gasteiger partial charge in [-0.15, -0.1) is 0 Å². The lowest BCUT2D eigenvalue weighted by molar-refractivity contribution is 0.571. The highest BCUT2D eigenvalue weighted by molar-refractivity contribution is 5.49. The molecule has 1 aliphatic heterocycles. The van der Waals surface area contributed by atoms with E-state index in [9.17, 15) is 0 Å². The first-order valence-electron chi connectivity index (χ1n) is 9.40. The molecule has 4 heterocycles. The first-order valence-corrected chi connectivity index (χ1v) is 9.40. The third-order valence-corrected chi connectivity index (χ3v) is 5.12. The molecule has 0 aromatic carbocycles. The van der Waals surface area contributed by atoms with Crippen LogP contribution in [0.4, 0.5) is 5.82 Å². The van der Waals surface area contributed by atoms with Crippen LogP contribution in [0.5, 0.6) is 0 Å². The van der Waals surface area contributed by atoms with E-state index in [1.807, 2.05) is 49.2 Å². The summed E-state index contributed by atoms with van der Waals surface area (Å²) in [5.74, 6) is 1.37. The van der Waals surface area contributed by atoms with Crippen molar-refractivity contribution < 1.29 is 0 Å². The summed E-state index contributed by atoms with van der Waals surface area (Å²) in [6, 6.07) is 12.6. The molecular weight excluding hydrogens is 320 g/mol. The van der Waals surface area contributed by atoms with Gasteiger partial charge in [-0.2, -0.15) is 0 Å². The van der Waals surface area contributed by atoms with Gasteiger partial charge in [0.1, 0.15) is 5.82 Å². The first-order chi connectivity index (χ1) is 12.9. The van der Waals surface area contributed by atoms with Crippen LogP contribution in [-0.4, -0.2) is 28.0 Å². The van der Waals surface area contributed by atoms with Gasteiger partial charge in [-0.05, 0) is 60.6 Å². The van der Waals surface area contributed by atoms with E-state index in [2.05, 4.69) is 33.1 Å². The highest BCUT2D eigenvalue weighted by atomic mass is 15.2. The number of nitrogens with zero attached hydrogens (tertiary/aromatic N) is 4. The quantitative estimate of drug-likeness (QED) is 0.694. The van der Waals surface area contributed by atoms with Crippen LogP contribution in [0, 0.1) is 0 Å². The molecule has 0 bridgehead atoms. The average Bonchev–Trinajstić information content (AvgIpc) is 2.74. The highest BCUT2D eigenvalue weighted by Crippen LogP contribution is 2.31. The van der Waals surface area contributed by atoms with Crippen LogP contribution >= 0.6 is 0 Å². The fourth-order valence-corrected chi connectivity index (χ4v) is 3.79. The Morgan fingerprint density at radius 3 is 2.08 bits per heavy atom. The first kappa shape index (κ1) is 16.7. The van der Waals surface area contributed by atoms with Crippen molar-refractivity contribution in [1.82, 2.24) is 15.0 Å². The maximum absolute atomic E-state index is 4.74. The molecular formula is C22H24N4. The van der Waals surface area contributed by atoms with Crippen LogP contribution in [-0.2, 0) is 6.42 Å². The molecule has 3 aromatic rings. The topological polar surface area (TPSA) is 41.9 Å². The van der Waals surface area contributed by atoms with Gasteiger partial charge in [0.2, 0.25) is 0 Å². The second-order valence-electron chi connectivity index (χ2n) is 6.86. The third kappa shape index (κ3) is 3.74. The van der Waals surface area contributed by atoms with Crippen LogP contribution in [0.25, 0.3) is 0 Å². The molecule has 1 saturated heterocycles. The van der Waals surface area contributed by atoms with E-state index in [-0.39, 0.29) is 5.92 Å². The summed E-state index contributed by atoms with van der Waals surface area (Å²) in [4.78, 5) is 15.9. The Bertz CT molecular complexity index is 774. The molecule has 3 aromatic heterocycles. The molecule has 0 aliphatic carbocycles. The van der Waals surface area contributed by atoms with Crippen molar-refractivity contribution in [3.8, 4) is 0 Å². The number of hydrogen-bond acceptors (Lipinski definition) is 4. The van der Waals surface area contributed by atoms with E-state index >= 15 is 0 Å². The Balaban J connectivity index is 1.68. The zero-order chi connectivity index (χ0) is 17.6. The smallest absolute Gasteiger partial charge is 0.131 e. The van der Waals surface area contributed by atoms with Crippen molar-refractivity contribution >= 4 is 5.82 Å². The van der Waals surface area contributed by atoms with Gasteiger partial charge in [-0.3, -0.25) is 9.97 Å². The van der Waals surface area contributed by atoms with E-state index in [0.717, 1.165) is 25.3 Å². The molecule has 1 aliphatic rings. The van der Waals surface area contributed by atoms with Crippen LogP contribution < -0.4 is 4.90 Å². The largest absolute Gasteiger partial charge is 0.356 e. The second kappa shape index (κ2) is 8.09. The Morgan fingerprint density at radius 2 is 1.46 bits per heavy atom. The standard InChI is InChI=1S/C22H24N4/c1-2-13-26(14-3-1)22-18(7-6-12-25-22)15-21(19-8-4-10-23-16-19)20-9-5-11-24-17-20/h4-12,16-17,21H,1-3,13-15H2. The van der Waals surface area contributed by atoms with Gasteiger partial charge >= 0.3 is 0 Å². The van der Waals surface area contributed by atoms with Crippen molar-refractivity contribution in [3.63, 3.8) is 0 Å². The predicted molar refractivity (Wildman–Crippen MR) is 104 cm³/mol. The SMILES string of the molecule is c1cncc(C(Cc2cccnc2N2CCCCC2)c2cccnc2)c1. The molecule has 0 radical (unpaired) electrons.